The molecule has 1 aliphatic carbocycles. The number of carbonyl (C=O) groups excluding carboxylic acids is 1. The lowest BCUT2D eigenvalue weighted by atomic mass is 9.75. The van der Waals surface area contributed by atoms with Gasteiger partial charge in [0.15, 0.2) is 0 Å². The van der Waals surface area contributed by atoms with E-state index in [0.717, 1.165) is 62.5 Å². The number of alkyl halides is 3. The number of hydrogen-bond donors (Lipinski definition) is 2. The topological polar surface area (TPSA) is 57.3 Å². The van der Waals surface area contributed by atoms with Gasteiger partial charge < -0.3 is 15.5 Å². The Hall–Kier alpha value is -3.29. The predicted molar refractivity (Wildman–Crippen MR) is 150 cm³/mol. The number of fused-ring (bicyclic) bond motifs is 1. The lowest BCUT2D eigenvalue weighted by molar-refractivity contribution is -0.140. The van der Waals surface area contributed by atoms with Crippen LogP contribution in [0.15, 0.2) is 48.5 Å². The molecular formula is C31H37F3N4O. The number of benzene rings is 2. The number of hydrogen-bond acceptors (Lipinski definition) is 4. The second-order valence-corrected chi connectivity index (χ2v) is 11.2. The summed E-state index contributed by atoms with van der Waals surface area (Å²) in [5, 5.41) is 7.47. The minimum Gasteiger partial charge on any atom is -0.379 e. The molecule has 39 heavy (non-hydrogen) atoms. The average Bonchev–Trinajstić information content (AvgIpc) is 3.44. The summed E-state index contributed by atoms with van der Waals surface area (Å²) in [6, 6.07) is 14.2. The fraction of sp³-hybridized carbons (Fsp3) is 0.484. The highest BCUT2D eigenvalue weighted by molar-refractivity contribution is 5.95. The first-order chi connectivity index (χ1) is 18.7. The number of nitrogens with one attached hydrogen (secondary N) is 2. The van der Waals surface area contributed by atoms with Crippen molar-refractivity contribution in [3.8, 4) is 0 Å². The number of anilines is 2. The number of halogens is 3. The zero-order valence-corrected chi connectivity index (χ0v) is 22.7. The third kappa shape index (κ3) is 6.15. The molecule has 2 N–H and O–H groups in total. The SMILES string of the molecule is CCC[C@]1(Nc2cc(C(F)(F)F)nc3ccc(C)cc23)CCCC(NC(=O)c2ccc(N3CCCC3)cc2)C1. The third-order valence-corrected chi connectivity index (χ3v) is 8.16. The summed E-state index contributed by atoms with van der Waals surface area (Å²) in [5.74, 6) is -0.107. The van der Waals surface area contributed by atoms with Crippen LogP contribution in [-0.4, -0.2) is 35.6 Å². The summed E-state index contributed by atoms with van der Waals surface area (Å²) in [6.07, 6.45) is 2.72. The van der Waals surface area contributed by atoms with Crippen LogP contribution in [0, 0.1) is 6.92 Å². The third-order valence-electron chi connectivity index (χ3n) is 8.16. The quantitative estimate of drug-likeness (QED) is 0.327. The summed E-state index contributed by atoms with van der Waals surface area (Å²) in [6.45, 7) is 6.11. The standard InChI is InChI=1S/C31H37F3N4O/c1-3-14-30(37-27-19-28(31(32,33)34)36-26-13-8-21(2)18-25(26)27)15-6-7-23(20-30)35-29(39)22-9-11-24(12-10-22)38-16-4-5-17-38/h8-13,18-19,23H,3-7,14-17,20H2,1-2H3,(H,35,39)(H,36,37)/t23?,30-/m0/s1. The molecule has 1 amide bonds. The maximum Gasteiger partial charge on any atom is 0.433 e. The first-order valence-corrected chi connectivity index (χ1v) is 14.1. The Bertz CT molecular complexity index is 1310. The predicted octanol–water partition coefficient (Wildman–Crippen LogP) is 7.49. The Morgan fingerprint density at radius 3 is 2.51 bits per heavy atom. The fourth-order valence-electron chi connectivity index (χ4n) is 6.31. The monoisotopic (exact) mass is 538 g/mol. The molecule has 5 nitrogen and oxygen atoms in total. The van der Waals surface area contributed by atoms with Gasteiger partial charge in [-0.25, -0.2) is 4.98 Å². The minimum absolute atomic E-state index is 0.0690. The molecule has 1 saturated carbocycles. The van der Waals surface area contributed by atoms with Crippen LogP contribution in [0.25, 0.3) is 10.9 Å². The molecule has 2 atom stereocenters. The van der Waals surface area contributed by atoms with E-state index in [1.807, 2.05) is 37.3 Å². The zero-order chi connectivity index (χ0) is 27.6. The Morgan fingerprint density at radius 1 is 1.08 bits per heavy atom. The molecule has 0 spiro atoms. The minimum atomic E-state index is -4.54. The highest BCUT2D eigenvalue weighted by atomic mass is 19.4. The number of pyridine rings is 1. The maximum absolute atomic E-state index is 13.7. The van der Waals surface area contributed by atoms with Gasteiger partial charge in [0.25, 0.3) is 5.91 Å². The molecule has 1 saturated heterocycles. The Balaban J connectivity index is 1.37. The van der Waals surface area contributed by atoms with Gasteiger partial charge in [0.2, 0.25) is 0 Å². The molecule has 0 bridgehead atoms. The molecule has 1 aliphatic heterocycles. The van der Waals surface area contributed by atoms with E-state index < -0.39 is 17.4 Å². The smallest absolute Gasteiger partial charge is 0.379 e. The van der Waals surface area contributed by atoms with Gasteiger partial charge in [-0.2, -0.15) is 13.2 Å². The van der Waals surface area contributed by atoms with Gasteiger partial charge in [-0.05, 0) is 94.3 Å². The van der Waals surface area contributed by atoms with Gasteiger partial charge >= 0.3 is 6.18 Å². The first-order valence-electron chi connectivity index (χ1n) is 14.1. The summed E-state index contributed by atoms with van der Waals surface area (Å²) in [4.78, 5) is 19.4. The summed E-state index contributed by atoms with van der Waals surface area (Å²) in [5.41, 5.74) is 2.18. The molecule has 2 fully saturated rings. The number of carbonyl (C=O) groups is 1. The van der Waals surface area contributed by atoms with Crippen molar-refractivity contribution in [1.82, 2.24) is 10.3 Å². The van der Waals surface area contributed by atoms with Crippen LogP contribution in [0.5, 0.6) is 0 Å². The van der Waals surface area contributed by atoms with Gasteiger partial charge in [0.1, 0.15) is 5.69 Å². The Labute approximate surface area is 228 Å². The van der Waals surface area contributed by atoms with Crippen LogP contribution < -0.4 is 15.5 Å². The van der Waals surface area contributed by atoms with Crippen molar-refractivity contribution >= 4 is 28.2 Å². The fourth-order valence-corrected chi connectivity index (χ4v) is 6.31. The van der Waals surface area contributed by atoms with Gasteiger partial charge in [-0.15, -0.1) is 0 Å². The molecule has 1 aromatic heterocycles. The Kier molecular flexibility index (Phi) is 7.74. The van der Waals surface area contributed by atoms with Crippen molar-refractivity contribution in [3.05, 3.63) is 65.4 Å². The van der Waals surface area contributed by atoms with Crippen molar-refractivity contribution in [2.45, 2.75) is 83.0 Å². The van der Waals surface area contributed by atoms with Crippen LogP contribution in [0.4, 0.5) is 24.5 Å². The normalized spacial score (nSPS) is 21.8. The highest BCUT2D eigenvalue weighted by Crippen LogP contribution is 2.40. The van der Waals surface area contributed by atoms with E-state index in [1.165, 1.54) is 12.8 Å². The molecule has 2 aliphatic rings. The summed E-state index contributed by atoms with van der Waals surface area (Å²) >= 11 is 0. The molecule has 8 heteroatoms. The maximum atomic E-state index is 13.7. The van der Waals surface area contributed by atoms with Gasteiger partial charge in [-0.3, -0.25) is 4.79 Å². The number of nitrogens with zero attached hydrogens (tertiary/aromatic N) is 2. The second-order valence-electron chi connectivity index (χ2n) is 11.2. The van der Waals surface area contributed by atoms with Crippen LogP contribution in [0.2, 0.25) is 0 Å². The molecular weight excluding hydrogens is 501 g/mol. The molecule has 3 aromatic rings. The van der Waals surface area contributed by atoms with Gasteiger partial charge in [0.05, 0.1) is 5.52 Å². The van der Waals surface area contributed by atoms with Crippen molar-refractivity contribution < 1.29 is 18.0 Å². The number of amides is 1. The van der Waals surface area contributed by atoms with E-state index in [2.05, 4.69) is 27.4 Å². The lowest BCUT2D eigenvalue weighted by Gasteiger charge is -2.43. The van der Waals surface area contributed by atoms with Crippen LogP contribution in [-0.2, 0) is 6.18 Å². The average molecular weight is 539 g/mol. The molecule has 2 heterocycles. The van der Waals surface area contributed by atoms with E-state index in [4.69, 9.17) is 0 Å². The largest absolute Gasteiger partial charge is 0.433 e. The van der Waals surface area contributed by atoms with E-state index in [-0.39, 0.29) is 11.9 Å². The summed E-state index contributed by atoms with van der Waals surface area (Å²) < 4.78 is 41.2. The molecule has 5 rings (SSSR count). The van der Waals surface area contributed by atoms with Gasteiger partial charge in [0, 0.05) is 47.0 Å². The van der Waals surface area contributed by atoms with Crippen molar-refractivity contribution in [1.29, 1.82) is 0 Å². The Morgan fingerprint density at radius 2 is 1.82 bits per heavy atom. The van der Waals surface area contributed by atoms with E-state index >= 15 is 0 Å². The van der Waals surface area contributed by atoms with Crippen LogP contribution >= 0.6 is 0 Å². The van der Waals surface area contributed by atoms with Gasteiger partial charge in [-0.1, -0.05) is 25.0 Å². The van der Waals surface area contributed by atoms with E-state index in [1.54, 1.807) is 12.1 Å². The number of aryl methyl sites for hydroxylation is 1. The van der Waals surface area contributed by atoms with Crippen molar-refractivity contribution in [3.63, 3.8) is 0 Å². The molecule has 2 aromatic carbocycles. The first kappa shape index (κ1) is 27.3. The van der Waals surface area contributed by atoms with Crippen molar-refractivity contribution in [2.75, 3.05) is 23.3 Å². The zero-order valence-electron chi connectivity index (χ0n) is 22.7. The van der Waals surface area contributed by atoms with E-state index in [9.17, 15) is 18.0 Å². The van der Waals surface area contributed by atoms with E-state index in [0.29, 0.717) is 28.6 Å². The summed E-state index contributed by atoms with van der Waals surface area (Å²) in [7, 11) is 0. The van der Waals surface area contributed by atoms with Crippen LogP contribution in [0.1, 0.15) is 79.9 Å². The number of rotatable bonds is 7. The lowest BCUT2D eigenvalue weighted by Crippen LogP contribution is -2.49. The van der Waals surface area contributed by atoms with Crippen LogP contribution in [0.3, 0.4) is 0 Å². The highest BCUT2D eigenvalue weighted by Gasteiger charge is 2.38. The molecule has 1 unspecified atom stereocenters. The van der Waals surface area contributed by atoms with Crippen molar-refractivity contribution in [2.24, 2.45) is 0 Å². The second kappa shape index (κ2) is 11.1. The molecule has 208 valence electrons. The number of aromatic nitrogens is 1. The molecule has 0 radical (unpaired) electrons.